The molecule has 3 nitrogen and oxygen atoms in total. The van der Waals surface area contributed by atoms with Gasteiger partial charge in [-0.2, -0.15) is 0 Å². The van der Waals surface area contributed by atoms with Crippen molar-refractivity contribution in [2.75, 3.05) is 26.7 Å². The van der Waals surface area contributed by atoms with Crippen LogP contribution in [0.15, 0.2) is 60.7 Å². The summed E-state index contributed by atoms with van der Waals surface area (Å²) in [4.78, 5) is 16.8. The third kappa shape index (κ3) is 3.71. The Morgan fingerprint density at radius 3 is 2.54 bits per heavy atom. The van der Waals surface area contributed by atoms with Crippen molar-refractivity contribution < 1.29 is 9.18 Å². The summed E-state index contributed by atoms with van der Waals surface area (Å²) in [5.41, 5.74) is 1.55. The van der Waals surface area contributed by atoms with Crippen LogP contribution in [0.5, 0.6) is 0 Å². The molecular formula is C20H21FN2O. The van der Waals surface area contributed by atoms with Gasteiger partial charge in [-0.1, -0.05) is 48.5 Å². The molecular weight excluding hydrogens is 303 g/mol. The average molecular weight is 324 g/mol. The van der Waals surface area contributed by atoms with E-state index < -0.39 is 0 Å². The fourth-order valence-corrected chi connectivity index (χ4v) is 3.01. The van der Waals surface area contributed by atoms with Crippen LogP contribution in [0.25, 0.3) is 6.08 Å². The van der Waals surface area contributed by atoms with Crippen LogP contribution >= 0.6 is 0 Å². The minimum absolute atomic E-state index is 0.0164. The van der Waals surface area contributed by atoms with Crippen molar-refractivity contribution in [3.05, 3.63) is 77.6 Å². The van der Waals surface area contributed by atoms with Gasteiger partial charge >= 0.3 is 0 Å². The molecule has 1 aliphatic rings. The normalized spacial score (nSPS) is 18.9. The van der Waals surface area contributed by atoms with Gasteiger partial charge < -0.3 is 9.80 Å². The van der Waals surface area contributed by atoms with Crippen molar-refractivity contribution in [3.8, 4) is 0 Å². The first-order chi connectivity index (χ1) is 11.6. The van der Waals surface area contributed by atoms with Crippen LogP contribution < -0.4 is 0 Å². The fourth-order valence-electron chi connectivity index (χ4n) is 3.01. The van der Waals surface area contributed by atoms with Crippen LogP contribution in [0.1, 0.15) is 17.2 Å². The Morgan fingerprint density at radius 2 is 1.79 bits per heavy atom. The van der Waals surface area contributed by atoms with E-state index in [1.54, 1.807) is 24.3 Å². The van der Waals surface area contributed by atoms with E-state index in [0.29, 0.717) is 12.1 Å². The molecule has 1 atom stereocenters. The molecule has 0 spiro atoms. The Kier molecular flexibility index (Phi) is 5.06. The van der Waals surface area contributed by atoms with Gasteiger partial charge in [-0.3, -0.25) is 4.79 Å². The predicted octanol–water partition coefficient (Wildman–Crippen LogP) is 3.35. The molecule has 1 amide bonds. The summed E-state index contributed by atoms with van der Waals surface area (Å²) in [6, 6.07) is 16.5. The van der Waals surface area contributed by atoms with Crippen molar-refractivity contribution in [2.45, 2.75) is 6.04 Å². The van der Waals surface area contributed by atoms with E-state index in [1.807, 2.05) is 35.2 Å². The molecule has 124 valence electrons. The minimum Gasteiger partial charge on any atom is -0.330 e. The molecule has 1 heterocycles. The Hall–Kier alpha value is -2.46. The van der Waals surface area contributed by atoms with Gasteiger partial charge in [-0.25, -0.2) is 4.39 Å². The first-order valence-electron chi connectivity index (χ1n) is 8.12. The van der Waals surface area contributed by atoms with Crippen molar-refractivity contribution >= 4 is 12.0 Å². The first-order valence-corrected chi connectivity index (χ1v) is 8.12. The van der Waals surface area contributed by atoms with Gasteiger partial charge in [-0.15, -0.1) is 0 Å². The van der Waals surface area contributed by atoms with Gasteiger partial charge in [0.15, 0.2) is 0 Å². The number of amides is 1. The second kappa shape index (κ2) is 7.41. The molecule has 0 N–H and O–H groups in total. The Labute approximate surface area is 142 Å². The van der Waals surface area contributed by atoms with E-state index in [-0.39, 0.29) is 17.8 Å². The highest BCUT2D eigenvalue weighted by Crippen LogP contribution is 2.25. The molecule has 1 fully saturated rings. The number of piperazine rings is 1. The lowest BCUT2D eigenvalue weighted by atomic mass is 10.0. The van der Waals surface area contributed by atoms with Gasteiger partial charge in [0.05, 0.1) is 6.04 Å². The van der Waals surface area contributed by atoms with Crippen LogP contribution in [-0.2, 0) is 4.79 Å². The van der Waals surface area contributed by atoms with Crippen molar-refractivity contribution in [1.82, 2.24) is 9.80 Å². The lowest BCUT2D eigenvalue weighted by Gasteiger charge is -2.39. The maximum Gasteiger partial charge on any atom is 0.247 e. The summed E-state index contributed by atoms with van der Waals surface area (Å²) in [6.45, 7) is 2.29. The number of halogens is 1. The topological polar surface area (TPSA) is 23.6 Å². The fraction of sp³-hybridized carbons (Fsp3) is 0.250. The average Bonchev–Trinajstić information content (AvgIpc) is 2.61. The van der Waals surface area contributed by atoms with Gasteiger partial charge in [0.1, 0.15) is 5.82 Å². The number of likely N-dealkylation sites (N-methyl/N-ethyl adjacent to an activating group) is 1. The van der Waals surface area contributed by atoms with E-state index in [9.17, 15) is 9.18 Å². The molecule has 2 aromatic carbocycles. The molecule has 0 aromatic heterocycles. The molecule has 0 saturated carbocycles. The zero-order chi connectivity index (χ0) is 16.9. The summed E-state index contributed by atoms with van der Waals surface area (Å²) in [5.74, 6) is -0.403. The van der Waals surface area contributed by atoms with E-state index in [0.717, 1.165) is 18.7 Å². The zero-order valence-corrected chi connectivity index (χ0v) is 13.7. The predicted molar refractivity (Wildman–Crippen MR) is 93.8 cm³/mol. The lowest BCUT2D eigenvalue weighted by molar-refractivity contribution is -0.130. The summed E-state index contributed by atoms with van der Waals surface area (Å²) in [5, 5.41) is 0. The molecule has 2 aromatic rings. The number of hydrogen-bond acceptors (Lipinski definition) is 2. The van der Waals surface area contributed by atoms with Crippen LogP contribution in [0, 0.1) is 5.82 Å². The Morgan fingerprint density at radius 1 is 1.08 bits per heavy atom. The summed E-state index contributed by atoms with van der Waals surface area (Å²) in [7, 11) is 2.06. The summed E-state index contributed by atoms with van der Waals surface area (Å²) >= 11 is 0. The number of benzene rings is 2. The van der Waals surface area contributed by atoms with Gasteiger partial charge in [-0.05, 0) is 24.8 Å². The van der Waals surface area contributed by atoms with Crippen molar-refractivity contribution in [3.63, 3.8) is 0 Å². The second-order valence-corrected chi connectivity index (χ2v) is 6.08. The molecule has 1 aliphatic heterocycles. The number of carbonyl (C=O) groups excluding carboxylic acids is 1. The lowest BCUT2D eigenvalue weighted by Crippen LogP contribution is -2.48. The number of hydrogen-bond donors (Lipinski definition) is 0. The SMILES string of the molecule is CN1CCN(C(=O)/C=C/c2ccccc2F)C(c2ccccc2)C1. The third-order valence-corrected chi connectivity index (χ3v) is 4.36. The van der Waals surface area contributed by atoms with E-state index in [1.165, 1.54) is 12.1 Å². The maximum absolute atomic E-state index is 13.7. The highest BCUT2D eigenvalue weighted by molar-refractivity contribution is 5.92. The highest BCUT2D eigenvalue weighted by Gasteiger charge is 2.28. The number of carbonyl (C=O) groups is 1. The van der Waals surface area contributed by atoms with Gasteiger partial charge in [0, 0.05) is 31.3 Å². The standard InChI is InChI=1S/C20H21FN2O/c1-22-13-14-23(19(15-22)17-8-3-2-4-9-17)20(24)12-11-16-7-5-6-10-18(16)21/h2-12,19H,13-15H2,1H3/b12-11+. The Balaban J connectivity index is 1.80. The largest absolute Gasteiger partial charge is 0.330 e. The zero-order valence-electron chi connectivity index (χ0n) is 13.7. The first kappa shape index (κ1) is 16.4. The number of nitrogens with zero attached hydrogens (tertiary/aromatic N) is 2. The van der Waals surface area contributed by atoms with E-state index >= 15 is 0 Å². The highest BCUT2D eigenvalue weighted by atomic mass is 19.1. The molecule has 24 heavy (non-hydrogen) atoms. The van der Waals surface area contributed by atoms with Crippen LogP contribution in [0.3, 0.4) is 0 Å². The molecule has 0 bridgehead atoms. The smallest absolute Gasteiger partial charge is 0.247 e. The van der Waals surface area contributed by atoms with Crippen molar-refractivity contribution in [2.24, 2.45) is 0 Å². The van der Waals surface area contributed by atoms with Crippen LogP contribution in [0.2, 0.25) is 0 Å². The van der Waals surface area contributed by atoms with Crippen LogP contribution in [-0.4, -0.2) is 42.4 Å². The molecule has 1 saturated heterocycles. The van der Waals surface area contributed by atoms with E-state index in [4.69, 9.17) is 0 Å². The molecule has 0 aliphatic carbocycles. The van der Waals surface area contributed by atoms with Gasteiger partial charge in [0.25, 0.3) is 0 Å². The molecule has 4 heteroatoms. The summed E-state index contributed by atoms with van der Waals surface area (Å²) in [6.07, 6.45) is 3.03. The summed E-state index contributed by atoms with van der Waals surface area (Å²) < 4.78 is 13.7. The molecule has 1 unspecified atom stereocenters. The quantitative estimate of drug-likeness (QED) is 0.808. The Bertz CT molecular complexity index is 729. The maximum atomic E-state index is 13.7. The second-order valence-electron chi connectivity index (χ2n) is 6.08. The monoisotopic (exact) mass is 324 g/mol. The molecule has 0 radical (unpaired) electrons. The van der Waals surface area contributed by atoms with Crippen molar-refractivity contribution in [1.29, 1.82) is 0 Å². The van der Waals surface area contributed by atoms with Crippen LogP contribution in [0.4, 0.5) is 4.39 Å². The molecule has 3 rings (SSSR count). The van der Waals surface area contributed by atoms with Gasteiger partial charge in [0.2, 0.25) is 5.91 Å². The number of rotatable bonds is 3. The third-order valence-electron chi connectivity index (χ3n) is 4.36. The van der Waals surface area contributed by atoms with E-state index in [2.05, 4.69) is 11.9 Å². The minimum atomic E-state index is -0.320.